The van der Waals surface area contributed by atoms with Gasteiger partial charge < -0.3 is 25.6 Å². The van der Waals surface area contributed by atoms with Crippen molar-refractivity contribution in [2.75, 3.05) is 40.3 Å². The first-order valence-corrected chi connectivity index (χ1v) is 7.85. The lowest BCUT2D eigenvalue weighted by Gasteiger charge is -2.20. The van der Waals surface area contributed by atoms with E-state index in [-0.39, 0.29) is 12.5 Å². The van der Waals surface area contributed by atoms with Crippen molar-refractivity contribution < 1.29 is 14.3 Å². The molecule has 0 aromatic rings. The number of likely N-dealkylation sites (N-methyl/N-ethyl adjacent to an activating group) is 1. The molecule has 24 heavy (non-hydrogen) atoms. The van der Waals surface area contributed by atoms with E-state index in [1.807, 2.05) is 6.92 Å². The molecule has 0 heterocycles. The number of hydrogen-bond acceptors (Lipinski definition) is 4. The van der Waals surface area contributed by atoms with E-state index < -0.39 is 11.7 Å². The zero-order valence-electron chi connectivity index (χ0n) is 15.7. The van der Waals surface area contributed by atoms with Gasteiger partial charge in [-0.1, -0.05) is 12.2 Å². The highest BCUT2D eigenvalue weighted by atomic mass is 16.6. The molecule has 0 aliphatic heterocycles. The van der Waals surface area contributed by atoms with E-state index in [0.717, 1.165) is 5.57 Å². The van der Waals surface area contributed by atoms with E-state index >= 15 is 0 Å². The van der Waals surface area contributed by atoms with Crippen LogP contribution in [-0.2, 0) is 9.53 Å². The van der Waals surface area contributed by atoms with Crippen LogP contribution in [0.3, 0.4) is 0 Å². The molecule has 0 fully saturated rings. The number of rotatable bonds is 7. The van der Waals surface area contributed by atoms with Gasteiger partial charge in [-0.05, 0) is 27.7 Å². The maximum Gasteiger partial charge on any atom is 0.407 e. The van der Waals surface area contributed by atoms with Crippen LogP contribution in [0.1, 0.15) is 27.7 Å². The van der Waals surface area contributed by atoms with E-state index in [2.05, 4.69) is 27.5 Å². The van der Waals surface area contributed by atoms with Crippen LogP contribution in [-0.4, -0.2) is 68.7 Å². The van der Waals surface area contributed by atoms with Gasteiger partial charge in [-0.2, -0.15) is 0 Å². The Morgan fingerprint density at radius 3 is 2.21 bits per heavy atom. The highest BCUT2D eigenvalue weighted by Crippen LogP contribution is 2.05. The summed E-state index contributed by atoms with van der Waals surface area (Å²) < 4.78 is 5.14. The minimum atomic E-state index is -0.528. The number of ether oxygens (including phenoxy) is 1. The summed E-state index contributed by atoms with van der Waals surface area (Å²) in [6.45, 7) is 12.5. The second-order valence-electron chi connectivity index (χ2n) is 6.62. The molecule has 0 spiro atoms. The minimum Gasteiger partial charge on any atom is -0.444 e. The van der Waals surface area contributed by atoms with E-state index in [1.54, 1.807) is 34.9 Å². The molecule has 0 unspecified atom stereocenters. The van der Waals surface area contributed by atoms with Gasteiger partial charge in [0.25, 0.3) is 0 Å². The van der Waals surface area contributed by atoms with Gasteiger partial charge in [0, 0.05) is 33.7 Å². The van der Waals surface area contributed by atoms with Gasteiger partial charge in [-0.15, -0.1) is 0 Å². The third kappa shape index (κ3) is 12.3. The summed E-state index contributed by atoms with van der Waals surface area (Å²) in [4.78, 5) is 28.8. The SMILES string of the molecule is C=C(C)CNC(=NCC(=O)N(C)C)NCCNC(=O)OC(C)(C)C. The first-order chi connectivity index (χ1) is 11.0. The van der Waals surface area contributed by atoms with Crippen LogP contribution in [0.15, 0.2) is 17.1 Å². The predicted molar refractivity (Wildman–Crippen MR) is 96.1 cm³/mol. The molecular weight excluding hydrogens is 310 g/mol. The summed E-state index contributed by atoms with van der Waals surface area (Å²) in [6, 6.07) is 0. The van der Waals surface area contributed by atoms with Gasteiger partial charge in [0.15, 0.2) is 5.96 Å². The molecule has 0 radical (unpaired) electrons. The second kappa shape index (κ2) is 10.5. The van der Waals surface area contributed by atoms with Crippen LogP contribution in [0, 0.1) is 0 Å². The summed E-state index contributed by atoms with van der Waals surface area (Å²) in [5.74, 6) is 0.387. The highest BCUT2D eigenvalue weighted by molar-refractivity contribution is 5.84. The summed E-state index contributed by atoms with van der Waals surface area (Å²) in [5.41, 5.74) is 0.412. The molecule has 0 bridgehead atoms. The van der Waals surface area contributed by atoms with Crippen molar-refractivity contribution in [1.82, 2.24) is 20.9 Å². The Balaban J connectivity index is 4.35. The monoisotopic (exact) mass is 341 g/mol. The molecule has 0 aromatic heterocycles. The molecule has 0 aliphatic rings. The van der Waals surface area contributed by atoms with Crippen molar-refractivity contribution in [2.45, 2.75) is 33.3 Å². The topological polar surface area (TPSA) is 95.1 Å². The Bertz CT molecular complexity index is 467. The molecule has 0 saturated heterocycles. The van der Waals surface area contributed by atoms with E-state index in [0.29, 0.717) is 25.6 Å². The lowest BCUT2D eigenvalue weighted by molar-refractivity contribution is -0.127. The Morgan fingerprint density at radius 1 is 1.12 bits per heavy atom. The Kier molecular flexibility index (Phi) is 9.53. The molecular formula is C16H31N5O3. The average Bonchev–Trinajstić information content (AvgIpc) is 2.42. The van der Waals surface area contributed by atoms with Crippen molar-refractivity contribution >= 4 is 18.0 Å². The Hall–Kier alpha value is -2.25. The molecule has 8 nitrogen and oxygen atoms in total. The molecule has 0 aromatic carbocycles. The maximum absolute atomic E-state index is 11.6. The van der Waals surface area contributed by atoms with Crippen LogP contribution >= 0.6 is 0 Å². The van der Waals surface area contributed by atoms with Crippen molar-refractivity contribution in [2.24, 2.45) is 4.99 Å². The lowest BCUT2D eigenvalue weighted by atomic mass is 10.2. The molecule has 0 aliphatic carbocycles. The zero-order valence-corrected chi connectivity index (χ0v) is 15.7. The number of amides is 2. The summed E-state index contributed by atoms with van der Waals surface area (Å²) in [6.07, 6.45) is -0.472. The number of nitrogens with one attached hydrogen (secondary N) is 3. The van der Waals surface area contributed by atoms with Crippen molar-refractivity contribution in [3.05, 3.63) is 12.2 Å². The van der Waals surface area contributed by atoms with E-state index in [9.17, 15) is 9.59 Å². The van der Waals surface area contributed by atoms with Crippen LogP contribution in [0.25, 0.3) is 0 Å². The number of carbonyl (C=O) groups is 2. The first-order valence-electron chi connectivity index (χ1n) is 7.85. The van der Waals surface area contributed by atoms with Gasteiger partial charge in [0.2, 0.25) is 5.91 Å². The number of carbonyl (C=O) groups excluding carboxylic acids is 2. The van der Waals surface area contributed by atoms with Crippen molar-refractivity contribution in [3.63, 3.8) is 0 Å². The minimum absolute atomic E-state index is 0.0397. The van der Waals surface area contributed by atoms with E-state index in [1.165, 1.54) is 4.90 Å². The first kappa shape index (κ1) is 21.8. The fourth-order valence-corrected chi connectivity index (χ4v) is 1.36. The smallest absolute Gasteiger partial charge is 0.407 e. The Labute approximate surface area is 144 Å². The number of hydrogen-bond donors (Lipinski definition) is 3. The third-order valence-electron chi connectivity index (χ3n) is 2.51. The van der Waals surface area contributed by atoms with Crippen molar-refractivity contribution in [1.29, 1.82) is 0 Å². The lowest BCUT2D eigenvalue weighted by Crippen LogP contribution is -2.43. The van der Waals surface area contributed by atoms with Crippen molar-refractivity contribution in [3.8, 4) is 0 Å². The Morgan fingerprint density at radius 2 is 1.71 bits per heavy atom. The molecule has 2 amide bonds. The van der Waals surface area contributed by atoms with Gasteiger partial charge in [-0.25, -0.2) is 9.79 Å². The summed E-state index contributed by atoms with van der Waals surface area (Å²) >= 11 is 0. The molecule has 8 heteroatoms. The fraction of sp³-hybridized carbons (Fsp3) is 0.688. The quantitative estimate of drug-likeness (QED) is 0.274. The van der Waals surface area contributed by atoms with E-state index in [4.69, 9.17) is 4.74 Å². The predicted octanol–water partition coefficient (Wildman–Crippen LogP) is 0.711. The van der Waals surface area contributed by atoms with Crippen LogP contribution in [0.4, 0.5) is 4.79 Å². The number of alkyl carbamates (subject to hydrolysis) is 1. The molecule has 0 atom stereocenters. The molecule has 0 saturated carbocycles. The molecule has 138 valence electrons. The summed E-state index contributed by atoms with van der Waals surface area (Å²) in [7, 11) is 3.36. The van der Waals surface area contributed by atoms with Gasteiger partial charge >= 0.3 is 6.09 Å². The zero-order chi connectivity index (χ0) is 18.8. The van der Waals surface area contributed by atoms with Crippen LogP contribution in [0.2, 0.25) is 0 Å². The summed E-state index contributed by atoms with van der Waals surface area (Å²) in [5, 5.41) is 8.75. The number of guanidine groups is 1. The number of nitrogens with zero attached hydrogens (tertiary/aromatic N) is 2. The fourth-order valence-electron chi connectivity index (χ4n) is 1.36. The number of aliphatic imine (C=N–C) groups is 1. The molecule has 3 N–H and O–H groups in total. The molecule has 0 rings (SSSR count). The average molecular weight is 341 g/mol. The van der Waals surface area contributed by atoms with Crippen LogP contribution in [0.5, 0.6) is 0 Å². The third-order valence-corrected chi connectivity index (χ3v) is 2.51. The standard InChI is InChI=1S/C16H31N5O3/c1-12(2)10-19-14(20-11-13(22)21(6)7)17-8-9-18-15(23)24-16(3,4)5/h1,8-11H2,2-7H3,(H,18,23)(H2,17,19,20). The normalized spacial score (nSPS) is 11.5. The highest BCUT2D eigenvalue weighted by Gasteiger charge is 2.15. The van der Waals surface area contributed by atoms with Gasteiger partial charge in [0.05, 0.1) is 0 Å². The maximum atomic E-state index is 11.6. The second-order valence-corrected chi connectivity index (χ2v) is 6.62. The van der Waals surface area contributed by atoms with Gasteiger partial charge in [0.1, 0.15) is 12.1 Å². The van der Waals surface area contributed by atoms with Gasteiger partial charge in [-0.3, -0.25) is 4.79 Å². The van der Waals surface area contributed by atoms with Crippen LogP contribution < -0.4 is 16.0 Å². The largest absolute Gasteiger partial charge is 0.444 e.